The number of hydrogen-bond donors (Lipinski definition) is 0. The number of piperazine rings is 1. The summed E-state index contributed by atoms with van der Waals surface area (Å²) in [6, 6.07) is 16.0. The maximum Gasteiger partial charge on any atom is 0.263 e. The molecule has 0 N–H and O–H groups in total. The van der Waals surface area contributed by atoms with Crippen molar-refractivity contribution in [2.75, 3.05) is 32.7 Å². The quantitative estimate of drug-likeness (QED) is 0.783. The summed E-state index contributed by atoms with van der Waals surface area (Å²) >= 11 is 0. The van der Waals surface area contributed by atoms with E-state index >= 15 is 0 Å². The Kier molecular flexibility index (Phi) is 6.60. The van der Waals surface area contributed by atoms with E-state index in [9.17, 15) is 9.18 Å². The Bertz CT molecular complexity index is 754. The van der Waals surface area contributed by atoms with Crippen LogP contribution in [0.4, 0.5) is 4.39 Å². The smallest absolute Gasteiger partial charge is 0.263 e. The Labute approximate surface area is 159 Å². The molecule has 0 aliphatic carbocycles. The second kappa shape index (κ2) is 9.33. The van der Waals surface area contributed by atoms with E-state index in [1.807, 2.05) is 23.1 Å². The number of nitrogens with zero attached hydrogens (tertiary/aromatic N) is 2. The molecule has 0 bridgehead atoms. The first kappa shape index (κ1) is 19.1. The molecule has 27 heavy (non-hydrogen) atoms. The van der Waals surface area contributed by atoms with Gasteiger partial charge in [0, 0.05) is 32.7 Å². The van der Waals surface area contributed by atoms with Crippen molar-refractivity contribution >= 4 is 12.0 Å². The molecule has 2 aromatic carbocycles. The van der Waals surface area contributed by atoms with Crippen molar-refractivity contribution in [2.45, 2.75) is 13.0 Å². The summed E-state index contributed by atoms with van der Waals surface area (Å²) in [4.78, 5) is 16.7. The summed E-state index contributed by atoms with van der Waals surface area (Å²) in [6.07, 6.45) is 3.70. The Morgan fingerprint density at radius 3 is 2.41 bits per heavy atom. The number of halogens is 1. The largest absolute Gasteiger partial charge is 0.481 e. The summed E-state index contributed by atoms with van der Waals surface area (Å²) in [7, 11) is 0. The molecule has 142 valence electrons. The first-order valence-electron chi connectivity index (χ1n) is 9.27. The lowest BCUT2D eigenvalue weighted by atomic mass is 10.2. The van der Waals surface area contributed by atoms with E-state index in [0.29, 0.717) is 18.8 Å². The van der Waals surface area contributed by atoms with Gasteiger partial charge < -0.3 is 9.64 Å². The first-order chi connectivity index (χ1) is 13.1. The summed E-state index contributed by atoms with van der Waals surface area (Å²) in [5.41, 5.74) is 1.19. The molecule has 1 aliphatic heterocycles. The lowest BCUT2D eigenvalue weighted by Crippen LogP contribution is -2.51. The molecule has 2 aromatic rings. The van der Waals surface area contributed by atoms with Gasteiger partial charge in [-0.05, 0) is 36.8 Å². The van der Waals surface area contributed by atoms with Gasteiger partial charge in [-0.3, -0.25) is 9.69 Å². The minimum Gasteiger partial charge on any atom is -0.481 e. The van der Waals surface area contributed by atoms with Crippen LogP contribution in [0.5, 0.6) is 5.75 Å². The normalized spacial score (nSPS) is 16.4. The van der Waals surface area contributed by atoms with Gasteiger partial charge >= 0.3 is 0 Å². The highest BCUT2D eigenvalue weighted by Crippen LogP contribution is 2.15. The van der Waals surface area contributed by atoms with Crippen molar-refractivity contribution in [1.82, 2.24) is 9.80 Å². The fourth-order valence-electron chi connectivity index (χ4n) is 3.08. The molecule has 0 aromatic heterocycles. The van der Waals surface area contributed by atoms with Crippen molar-refractivity contribution in [3.8, 4) is 5.75 Å². The molecule has 1 atom stereocenters. The van der Waals surface area contributed by atoms with Gasteiger partial charge in [-0.15, -0.1) is 0 Å². The average molecular weight is 368 g/mol. The van der Waals surface area contributed by atoms with Crippen LogP contribution in [-0.4, -0.2) is 54.5 Å². The van der Waals surface area contributed by atoms with Crippen LogP contribution in [0.25, 0.3) is 6.08 Å². The van der Waals surface area contributed by atoms with Crippen molar-refractivity contribution in [2.24, 2.45) is 0 Å². The van der Waals surface area contributed by atoms with Gasteiger partial charge in [-0.2, -0.15) is 0 Å². The molecular weight excluding hydrogens is 343 g/mol. The SMILES string of the molecule is CC(Oc1ccc(F)cc1)C(=O)N1CCN(C/C=C/c2ccccc2)CC1. The van der Waals surface area contributed by atoms with Gasteiger partial charge in [-0.25, -0.2) is 4.39 Å². The number of hydrogen-bond acceptors (Lipinski definition) is 3. The summed E-state index contributed by atoms with van der Waals surface area (Å²) in [5.74, 6) is 0.152. The average Bonchev–Trinajstić information content (AvgIpc) is 2.70. The molecule has 1 saturated heterocycles. The summed E-state index contributed by atoms with van der Waals surface area (Å²) in [6.45, 7) is 5.67. The molecule has 0 radical (unpaired) electrons. The third kappa shape index (κ3) is 5.66. The Hall–Kier alpha value is -2.66. The molecule has 3 rings (SSSR count). The van der Waals surface area contributed by atoms with Crippen LogP contribution in [0, 0.1) is 5.82 Å². The molecule has 1 aliphatic rings. The lowest BCUT2D eigenvalue weighted by molar-refractivity contribution is -0.139. The molecule has 0 spiro atoms. The van der Waals surface area contributed by atoms with Gasteiger partial charge in [0.25, 0.3) is 5.91 Å². The molecule has 5 heteroatoms. The number of carbonyl (C=O) groups is 1. The van der Waals surface area contributed by atoms with Crippen LogP contribution in [0.1, 0.15) is 12.5 Å². The Morgan fingerprint density at radius 2 is 1.74 bits per heavy atom. The Balaban J connectivity index is 1.43. The van der Waals surface area contributed by atoms with Gasteiger partial charge in [0.1, 0.15) is 11.6 Å². The molecule has 1 fully saturated rings. The van der Waals surface area contributed by atoms with Crippen molar-refractivity contribution < 1.29 is 13.9 Å². The van der Waals surface area contributed by atoms with E-state index < -0.39 is 6.10 Å². The van der Waals surface area contributed by atoms with E-state index in [-0.39, 0.29) is 11.7 Å². The number of benzene rings is 2. The van der Waals surface area contributed by atoms with Crippen molar-refractivity contribution in [3.63, 3.8) is 0 Å². The zero-order chi connectivity index (χ0) is 19.1. The number of rotatable bonds is 6. The van der Waals surface area contributed by atoms with Crippen LogP contribution in [-0.2, 0) is 4.79 Å². The zero-order valence-electron chi connectivity index (χ0n) is 15.6. The maximum absolute atomic E-state index is 13.0. The standard InChI is InChI=1S/C22H25FN2O2/c1-18(27-21-11-9-20(23)10-12-21)22(26)25-16-14-24(15-17-25)13-5-8-19-6-3-2-4-7-19/h2-12,18H,13-17H2,1H3/b8-5+. The molecule has 1 amide bonds. The Morgan fingerprint density at radius 1 is 1.07 bits per heavy atom. The van der Waals surface area contributed by atoms with Crippen LogP contribution >= 0.6 is 0 Å². The third-order valence-corrected chi connectivity index (χ3v) is 4.63. The second-order valence-electron chi connectivity index (χ2n) is 6.65. The summed E-state index contributed by atoms with van der Waals surface area (Å²) < 4.78 is 18.6. The topological polar surface area (TPSA) is 32.8 Å². The van der Waals surface area contributed by atoms with Crippen LogP contribution in [0.2, 0.25) is 0 Å². The second-order valence-corrected chi connectivity index (χ2v) is 6.65. The summed E-state index contributed by atoms with van der Waals surface area (Å²) in [5, 5.41) is 0. The number of carbonyl (C=O) groups excluding carboxylic acids is 1. The monoisotopic (exact) mass is 368 g/mol. The highest BCUT2D eigenvalue weighted by molar-refractivity contribution is 5.81. The van der Waals surface area contributed by atoms with E-state index in [1.165, 1.54) is 29.8 Å². The van der Waals surface area contributed by atoms with Gasteiger partial charge in [0.2, 0.25) is 0 Å². The number of ether oxygens (including phenoxy) is 1. The maximum atomic E-state index is 13.0. The minimum absolute atomic E-state index is 0.0289. The predicted octanol–water partition coefficient (Wildman–Crippen LogP) is 3.45. The molecule has 1 heterocycles. The van der Waals surface area contributed by atoms with E-state index in [2.05, 4.69) is 29.2 Å². The first-order valence-corrected chi connectivity index (χ1v) is 9.27. The third-order valence-electron chi connectivity index (χ3n) is 4.63. The van der Waals surface area contributed by atoms with Crippen LogP contribution < -0.4 is 4.74 Å². The van der Waals surface area contributed by atoms with Crippen molar-refractivity contribution in [3.05, 3.63) is 72.1 Å². The van der Waals surface area contributed by atoms with Gasteiger partial charge in [0.05, 0.1) is 0 Å². The fraction of sp³-hybridized carbons (Fsp3) is 0.318. The lowest BCUT2D eigenvalue weighted by Gasteiger charge is -2.35. The highest BCUT2D eigenvalue weighted by atomic mass is 19.1. The van der Waals surface area contributed by atoms with Gasteiger partial charge in [-0.1, -0.05) is 42.5 Å². The van der Waals surface area contributed by atoms with E-state index in [0.717, 1.165) is 19.6 Å². The molecular formula is C22H25FN2O2. The number of amides is 1. The van der Waals surface area contributed by atoms with E-state index in [4.69, 9.17) is 4.74 Å². The van der Waals surface area contributed by atoms with Crippen molar-refractivity contribution in [1.29, 1.82) is 0 Å². The van der Waals surface area contributed by atoms with Gasteiger partial charge in [0.15, 0.2) is 6.10 Å². The fourth-order valence-corrected chi connectivity index (χ4v) is 3.08. The molecule has 4 nitrogen and oxygen atoms in total. The van der Waals surface area contributed by atoms with E-state index in [1.54, 1.807) is 6.92 Å². The molecule has 1 unspecified atom stereocenters. The minimum atomic E-state index is -0.583. The zero-order valence-corrected chi connectivity index (χ0v) is 15.6. The van der Waals surface area contributed by atoms with Crippen LogP contribution in [0.3, 0.4) is 0 Å². The highest BCUT2D eigenvalue weighted by Gasteiger charge is 2.25. The predicted molar refractivity (Wildman–Crippen MR) is 105 cm³/mol. The van der Waals surface area contributed by atoms with Crippen LogP contribution in [0.15, 0.2) is 60.7 Å². The molecule has 0 saturated carbocycles.